The summed E-state index contributed by atoms with van der Waals surface area (Å²) in [7, 11) is 0. The number of rotatable bonds is 3. The lowest BCUT2D eigenvalue weighted by Gasteiger charge is -2.05. The Balaban J connectivity index is 2.20. The van der Waals surface area contributed by atoms with Gasteiger partial charge < -0.3 is 0 Å². The predicted octanol–water partition coefficient (Wildman–Crippen LogP) is 3.34. The Hall–Kier alpha value is -1.70. The lowest BCUT2D eigenvalue weighted by Crippen LogP contribution is -1.93. The highest BCUT2D eigenvalue weighted by molar-refractivity contribution is 5.58. The van der Waals surface area contributed by atoms with E-state index in [2.05, 4.69) is 48.3 Å². The van der Waals surface area contributed by atoms with Crippen molar-refractivity contribution in [2.75, 3.05) is 0 Å². The van der Waals surface area contributed by atoms with Crippen molar-refractivity contribution in [3.63, 3.8) is 0 Å². The molecule has 2 heteroatoms. The van der Waals surface area contributed by atoms with E-state index in [9.17, 15) is 0 Å². The van der Waals surface area contributed by atoms with Gasteiger partial charge in [-0.3, -0.25) is 0 Å². The summed E-state index contributed by atoms with van der Waals surface area (Å²) in [5.74, 6) is 0.697. The maximum atomic E-state index is 4.09. The van der Waals surface area contributed by atoms with Gasteiger partial charge in [0.1, 0.15) is 0 Å². The number of hydrogen-bond acceptors (Lipinski definition) is 2. The Morgan fingerprint density at radius 1 is 1.06 bits per heavy atom. The minimum Gasteiger partial charge on any atom is -0.159 e. The van der Waals surface area contributed by atoms with E-state index in [1.165, 1.54) is 5.56 Å². The minimum atomic E-state index is 0.697. The van der Waals surface area contributed by atoms with Crippen LogP contribution in [0.4, 0.5) is 0 Å². The van der Waals surface area contributed by atoms with Gasteiger partial charge in [-0.15, -0.1) is 0 Å². The van der Waals surface area contributed by atoms with Crippen molar-refractivity contribution in [2.45, 2.75) is 20.3 Å². The van der Waals surface area contributed by atoms with E-state index in [0.29, 0.717) is 5.92 Å². The van der Waals surface area contributed by atoms with Gasteiger partial charge in [0.05, 0.1) is 5.69 Å². The van der Waals surface area contributed by atoms with Crippen molar-refractivity contribution in [2.24, 2.45) is 5.92 Å². The van der Waals surface area contributed by atoms with Crippen LogP contribution in [0.2, 0.25) is 0 Å². The molecule has 0 bridgehead atoms. The molecule has 0 aliphatic carbocycles. The molecule has 0 aliphatic rings. The normalized spacial score (nSPS) is 10.7. The van der Waals surface area contributed by atoms with Crippen molar-refractivity contribution in [1.29, 1.82) is 0 Å². The zero-order chi connectivity index (χ0) is 11.4. The summed E-state index contributed by atoms with van der Waals surface area (Å²) in [5.41, 5.74) is 3.43. The van der Waals surface area contributed by atoms with E-state index in [1.54, 1.807) is 6.20 Å². The van der Waals surface area contributed by atoms with Gasteiger partial charge in [0.25, 0.3) is 0 Å². The van der Waals surface area contributed by atoms with Crippen LogP contribution in [-0.4, -0.2) is 10.2 Å². The van der Waals surface area contributed by atoms with E-state index >= 15 is 0 Å². The third kappa shape index (κ3) is 2.66. The maximum Gasteiger partial charge on any atom is 0.0929 e. The van der Waals surface area contributed by atoms with E-state index in [-0.39, 0.29) is 0 Å². The molecule has 0 atom stereocenters. The number of nitrogens with zero attached hydrogens (tertiary/aromatic N) is 2. The molecule has 0 saturated carbocycles. The molecule has 0 unspecified atom stereocenters. The fourth-order valence-corrected chi connectivity index (χ4v) is 1.74. The van der Waals surface area contributed by atoms with Crippen molar-refractivity contribution in [1.82, 2.24) is 10.2 Å². The second-order valence-electron chi connectivity index (χ2n) is 4.40. The first-order chi connectivity index (χ1) is 7.75. The molecule has 0 amide bonds. The summed E-state index contributed by atoms with van der Waals surface area (Å²) in [6, 6.07) is 12.5. The van der Waals surface area contributed by atoms with Crippen molar-refractivity contribution >= 4 is 0 Å². The van der Waals surface area contributed by atoms with Crippen LogP contribution in [0.15, 0.2) is 42.6 Å². The van der Waals surface area contributed by atoms with Crippen LogP contribution in [0.5, 0.6) is 0 Å². The predicted molar refractivity (Wildman–Crippen MR) is 66.0 cm³/mol. The van der Waals surface area contributed by atoms with Gasteiger partial charge in [-0.05, 0) is 30.0 Å². The average molecular weight is 212 g/mol. The third-order valence-electron chi connectivity index (χ3n) is 2.47. The van der Waals surface area contributed by atoms with Crippen molar-refractivity contribution in [3.05, 3.63) is 48.2 Å². The maximum absolute atomic E-state index is 4.09. The number of benzene rings is 1. The Morgan fingerprint density at radius 2 is 1.81 bits per heavy atom. The van der Waals surface area contributed by atoms with Gasteiger partial charge in [0, 0.05) is 11.8 Å². The number of aromatic nitrogens is 2. The van der Waals surface area contributed by atoms with E-state index in [0.717, 1.165) is 17.7 Å². The molecule has 2 rings (SSSR count). The minimum absolute atomic E-state index is 0.697. The van der Waals surface area contributed by atoms with Crippen LogP contribution in [0.25, 0.3) is 11.3 Å². The molecule has 1 aromatic heterocycles. The van der Waals surface area contributed by atoms with Crippen LogP contribution in [0.3, 0.4) is 0 Å². The molecule has 16 heavy (non-hydrogen) atoms. The largest absolute Gasteiger partial charge is 0.159 e. The summed E-state index contributed by atoms with van der Waals surface area (Å²) < 4.78 is 0. The van der Waals surface area contributed by atoms with Gasteiger partial charge in [-0.1, -0.05) is 38.1 Å². The van der Waals surface area contributed by atoms with E-state index in [4.69, 9.17) is 0 Å². The summed E-state index contributed by atoms with van der Waals surface area (Å²) in [5, 5.41) is 7.97. The molecule has 82 valence electrons. The lowest BCUT2D eigenvalue weighted by atomic mass is 10.0. The topological polar surface area (TPSA) is 25.8 Å². The molecular formula is C14H16N2. The molecule has 2 nitrogen and oxygen atoms in total. The lowest BCUT2D eigenvalue weighted by molar-refractivity contribution is 0.647. The second-order valence-corrected chi connectivity index (χ2v) is 4.40. The zero-order valence-corrected chi connectivity index (χ0v) is 9.72. The third-order valence-corrected chi connectivity index (χ3v) is 2.47. The highest BCUT2D eigenvalue weighted by atomic mass is 15.1. The molecule has 0 N–H and O–H groups in total. The Morgan fingerprint density at radius 3 is 2.38 bits per heavy atom. The molecule has 1 aromatic carbocycles. The van der Waals surface area contributed by atoms with Gasteiger partial charge in [-0.2, -0.15) is 10.2 Å². The fraction of sp³-hybridized carbons (Fsp3) is 0.286. The summed E-state index contributed by atoms with van der Waals surface area (Å²) in [6.07, 6.45) is 2.82. The molecule has 0 saturated heterocycles. The van der Waals surface area contributed by atoms with Gasteiger partial charge >= 0.3 is 0 Å². The van der Waals surface area contributed by atoms with E-state index in [1.807, 2.05) is 12.1 Å². The first kappa shape index (κ1) is 10.8. The molecular weight excluding hydrogens is 196 g/mol. The van der Waals surface area contributed by atoms with Crippen molar-refractivity contribution in [3.8, 4) is 11.3 Å². The Kier molecular flexibility index (Phi) is 3.30. The fourth-order valence-electron chi connectivity index (χ4n) is 1.74. The molecule has 0 fully saturated rings. The smallest absolute Gasteiger partial charge is 0.0929 e. The molecule has 2 aromatic rings. The Labute approximate surface area is 96.4 Å². The van der Waals surface area contributed by atoms with Gasteiger partial charge in [0.2, 0.25) is 0 Å². The SMILES string of the molecule is CC(C)Cc1ccc(-c2cccnn2)cc1. The van der Waals surface area contributed by atoms with Gasteiger partial charge in [0.15, 0.2) is 0 Å². The molecule has 0 aliphatic heterocycles. The average Bonchev–Trinajstić information content (AvgIpc) is 2.30. The molecule has 0 radical (unpaired) electrons. The standard InChI is InChI=1S/C14H16N2/c1-11(2)10-12-5-7-13(8-6-12)14-4-3-9-15-16-14/h3-9,11H,10H2,1-2H3. The highest BCUT2D eigenvalue weighted by Gasteiger charge is 2.00. The van der Waals surface area contributed by atoms with Crippen molar-refractivity contribution < 1.29 is 0 Å². The van der Waals surface area contributed by atoms with Crippen LogP contribution in [0, 0.1) is 5.92 Å². The first-order valence-electron chi connectivity index (χ1n) is 5.63. The summed E-state index contributed by atoms with van der Waals surface area (Å²) in [4.78, 5) is 0. The van der Waals surface area contributed by atoms with E-state index < -0.39 is 0 Å². The second kappa shape index (κ2) is 4.88. The molecule has 0 spiro atoms. The molecule has 1 heterocycles. The summed E-state index contributed by atoms with van der Waals surface area (Å²) in [6.45, 7) is 4.47. The van der Waals surface area contributed by atoms with Gasteiger partial charge in [-0.25, -0.2) is 0 Å². The first-order valence-corrected chi connectivity index (χ1v) is 5.63. The van der Waals surface area contributed by atoms with Crippen LogP contribution < -0.4 is 0 Å². The van der Waals surface area contributed by atoms with Crippen LogP contribution in [-0.2, 0) is 6.42 Å². The monoisotopic (exact) mass is 212 g/mol. The van der Waals surface area contributed by atoms with Crippen LogP contribution >= 0.6 is 0 Å². The van der Waals surface area contributed by atoms with Crippen LogP contribution in [0.1, 0.15) is 19.4 Å². The quantitative estimate of drug-likeness (QED) is 0.779. The highest BCUT2D eigenvalue weighted by Crippen LogP contribution is 2.17. The summed E-state index contributed by atoms with van der Waals surface area (Å²) >= 11 is 0. The Bertz CT molecular complexity index is 432. The number of hydrogen-bond donors (Lipinski definition) is 0. The zero-order valence-electron chi connectivity index (χ0n) is 9.72.